The van der Waals surface area contributed by atoms with Gasteiger partial charge in [-0.25, -0.2) is 0 Å². The first-order chi connectivity index (χ1) is 7.75. The second kappa shape index (κ2) is 3.33. The third-order valence-corrected chi connectivity index (χ3v) is 3.07. The molecule has 0 aliphatic carbocycles. The van der Waals surface area contributed by atoms with E-state index in [1.54, 1.807) is 4.90 Å². The van der Waals surface area contributed by atoms with E-state index in [4.69, 9.17) is 4.74 Å². The fraction of sp³-hybridized carbons (Fsp3) is 0.333. The molecule has 0 radical (unpaired) electrons. The molecule has 0 aromatic heterocycles. The maximum Gasteiger partial charge on any atom is 0.231 e. The Labute approximate surface area is 92.8 Å². The number of para-hydroxylation sites is 1. The van der Waals surface area contributed by atoms with E-state index in [-0.39, 0.29) is 30.7 Å². The van der Waals surface area contributed by atoms with Crippen LogP contribution in [0.5, 0.6) is 5.75 Å². The number of carbonyl (C=O) groups excluding carboxylic acids is 2. The van der Waals surface area contributed by atoms with E-state index < -0.39 is 0 Å². The van der Waals surface area contributed by atoms with E-state index in [0.717, 1.165) is 11.3 Å². The Morgan fingerprint density at radius 3 is 2.81 bits per heavy atom. The number of ether oxygens (including phenoxy) is 1. The highest BCUT2D eigenvalue weighted by molar-refractivity contribution is 6.05. The molecule has 2 aliphatic heterocycles. The fourth-order valence-corrected chi connectivity index (χ4v) is 2.29. The number of carbonyl (C=O) groups is 2. The highest BCUT2D eigenvalue weighted by Gasteiger charge is 2.37. The lowest BCUT2D eigenvalue weighted by atomic mass is 10.1. The van der Waals surface area contributed by atoms with Gasteiger partial charge in [-0.05, 0) is 6.07 Å². The summed E-state index contributed by atoms with van der Waals surface area (Å²) in [6, 6.07) is 7.57. The zero-order valence-electron chi connectivity index (χ0n) is 8.68. The largest absolute Gasteiger partial charge is 0.491 e. The number of hydrogen-bond acceptors (Lipinski definition) is 3. The van der Waals surface area contributed by atoms with Crippen molar-refractivity contribution in [2.45, 2.75) is 12.5 Å². The molecule has 1 unspecified atom stereocenters. The van der Waals surface area contributed by atoms with Crippen molar-refractivity contribution in [2.24, 2.45) is 0 Å². The first-order valence-electron chi connectivity index (χ1n) is 5.28. The predicted molar refractivity (Wildman–Crippen MR) is 56.0 cm³/mol. The van der Waals surface area contributed by atoms with Gasteiger partial charge < -0.3 is 9.64 Å². The Hall–Kier alpha value is -1.84. The molecule has 1 amide bonds. The highest BCUT2D eigenvalue weighted by Crippen LogP contribution is 2.36. The summed E-state index contributed by atoms with van der Waals surface area (Å²) >= 11 is 0. The number of Topliss-reactive ketones (excluding diaryl/α,β-unsaturated/α-hetero) is 1. The molecule has 2 aliphatic rings. The van der Waals surface area contributed by atoms with E-state index in [1.807, 2.05) is 24.3 Å². The molecule has 0 saturated carbocycles. The van der Waals surface area contributed by atoms with Crippen LogP contribution in [0.3, 0.4) is 0 Å². The quantitative estimate of drug-likeness (QED) is 0.657. The summed E-state index contributed by atoms with van der Waals surface area (Å²) in [4.78, 5) is 24.5. The summed E-state index contributed by atoms with van der Waals surface area (Å²) < 4.78 is 5.50. The molecule has 4 nitrogen and oxygen atoms in total. The minimum Gasteiger partial charge on any atom is -0.491 e. The zero-order valence-corrected chi connectivity index (χ0v) is 8.68. The molecule has 1 aromatic rings. The Kier molecular flexibility index (Phi) is 1.96. The van der Waals surface area contributed by atoms with Crippen molar-refractivity contribution in [3.63, 3.8) is 0 Å². The second-order valence-electron chi connectivity index (χ2n) is 4.10. The zero-order chi connectivity index (χ0) is 11.1. The van der Waals surface area contributed by atoms with Crippen LogP contribution in [0.1, 0.15) is 18.0 Å². The number of benzene rings is 1. The Balaban J connectivity index is 1.93. The van der Waals surface area contributed by atoms with Crippen LogP contribution in [0.4, 0.5) is 0 Å². The van der Waals surface area contributed by atoms with Gasteiger partial charge in [0.2, 0.25) is 5.91 Å². The standard InChI is InChI=1S/C12H11NO3/c14-8-5-12(15)13(6-8)10-7-16-11-4-2-1-3-9(10)11/h1-4,10H,5-7H2. The molecular weight excluding hydrogens is 206 g/mol. The van der Waals surface area contributed by atoms with E-state index in [2.05, 4.69) is 0 Å². The van der Waals surface area contributed by atoms with Crippen LogP contribution in [0.2, 0.25) is 0 Å². The lowest BCUT2D eigenvalue weighted by molar-refractivity contribution is -0.130. The fourth-order valence-electron chi connectivity index (χ4n) is 2.29. The van der Waals surface area contributed by atoms with Crippen molar-refractivity contribution in [2.75, 3.05) is 13.2 Å². The normalized spacial score (nSPS) is 23.5. The average molecular weight is 217 g/mol. The van der Waals surface area contributed by atoms with Gasteiger partial charge in [0, 0.05) is 5.56 Å². The molecule has 82 valence electrons. The number of ketones is 1. The molecule has 0 bridgehead atoms. The van der Waals surface area contributed by atoms with Gasteiger partial charge in [0.1, 0.15) is 12.4 Å². The van der Waals surface area contributed by atoms with Gasteiger partial charge in [-0.3, -0.25) is 9.59 Å². The summed E-state index contributed by atoms with van der Waals surface area (Å²) in [5.41, 5.74) is 1.01. The SMILES string of the molecule is O=C1CC(=O)N(C2COc3ccccc32)C1. The van der Waals surface area contributed by atoms with Gasteiger partial charge in [0.25, 0.3) is 0 Å². The van der Waals surface area contributed by atoms with Crippen LogP contribution < -0.4 is 4.74 Å². The van der Waals surface area contributed by atoms with Crippen molar-refractivity contribution in [1.29, 1.82) is 0 Å². The molecule has 1 fully saturated rings. The van der Waals surface area contributed by atoms with Crippen molar-refractivity contribution >= 4 is 11.7 Å². The third kappa shape index (κ3) is 1.30. The smallest absolute Gasteiger partial charge is 0.231 e. The monoisotopic (exact) mass is 217 g/mol. The van der Waals surface area contributed by atoms with Gasteiger partial charge in [-0.2, -0.15) is 0 Å². The van der Waals surface area contributed by atoms with Crippen LogP contribution in [0, 0.1) is 0 Å². The van der Waals surface area contributed by atoms with Crippen molar-refractivity contribution in [3.8, 4) is 5.75 Å². The molecule has 0 N–H and O–H groups in total. The number of amides is 1. The first-order valence-corrected chi connectivity index (χ1v) is 5.28. The van der Waals surface area contributed by atoms with E-state index in [1.165, 1.54) is 0 Å². The summed E-state index contributed by atoms with van der Waals surface area (Å²) in [5, 5.41) is 0. The second-order valence-corrected chi connectivity index (χ2v) is 4.10. The topological polar surface area (TPSA) is 46.6 Å². The van der Waals surface area contributed by atoms with Crippen molar-refractivity contribution in [1.82, 2.24) is 4.90 Å². The van der Waals surface area contributed by atoms with Crippen LogP contribution in [0.15, 0.2) is 24.3 Å². The van der Waals surface area contributed by atoms with E-state index >= 15 is 0 Å². The summed E-state index contributed by atoms with van der Waals surface area (Å²) in [6.45, 7) is 0.680. The Morgan fingerprint density at radius 2 is 2.06 bits per heavy atom. The molecule has 0 spiro atoms. The molecule has 3 rings (SSSR count). The number of fused-ring (bicyclic) bond motifs is 1. The lowest BCUT2D eigenvalue weighted by Crippen LogP contribution is -2.31. The Bertz CT molecular complexity index is 469. The van der Waals surface area contributed by atoms with Crippen molar-refractivity contribution in [3.05, 3.63) is 29.8 Å². The molecule has 1 saturated heterocycles. The van der Waals surface area contributed by atoms with Crippen molar-refractivity contribution < 1.29 is 14.3 Å². The average Bonchev–Trinajstić information content (AvgIpc) is 2.81. The Morgan fingerprint density at radius 1 is 1.25 bits per heavy atom. The van der Waals surface area contributed by atoms with Crippen LogP contribution in [-0.2, 0) is 9.59 Å². The minimum atomic E-state index is -0.0878. The van der Waals surface area contributed by atoms with Crippen LogP contribution in [-0.4, -0.2) is 29.7 Å². The lowest BCUT2D eigenvalue weighted by Gasteiger charge is -2.21. The van der Waals surface area contributed by atoms with Gasteiger partial charge in [0.05, 0.1) is 19.0 Å². The maximum absolute atomic E-state index is 11.6. The number of rotatable bonds is 1. The van der Waals surface area contributed by atoms with E-state index in [9.17, 15) is 9.59 Å². The highest BCUT2D eigenvalue weighted by atomic mass is 16.5. The number of hydrogen-bond donors (Lipinski definition) is 0. The molecule has 16 heavy (non-hydrogen) atoms. The van der Waals surface area contributed by atoms with Gasteiger partial charge in [-0.1, -0.05) is 18.2 Å². The molecule has 2 heterocycles. The van der Waals surface area contributed by atoms with Gasteiger partial charge in [0.15, 0.2) is 5.78 Å². The van der Waals surface area contributed by atoms with E-state index in [0.29, 0.717) is 6.61 Å². The molecule has 1 aromatic carbocycles. The minimum absolute atomic E-state index is 0.00520. The maximum atomic E-state index is 11.6. The van der Waals surface area contributed by atoms with Gasteiger partial charge in [-0.15, -0.1) is 0 Å². The van der Waals surface area contributed by atoms with Crippen LogP contribution in [0.25, 0.3) is 0 Å². The summed E-state index contributed by atoms with van der Waals surface area (Å²) in [7, 11) is 0. The molecular formula is C12H11NO3. The molecule has 1 atom stereocenters. The molecule has 4 heteroatoms. The number of nitrogens with zero attached hydrogens (tertiary/aromatic N) is 1. The number of likely N-dealkylation sites (tertiary alicyclic amines) is 1. The first kappa shape index (κ1) is 9.39. The predicted octanol–water partition coefficient (Wildman–Crippen LogP) is 0.921. The summed E-state index contributed by atoms with van der Waals surface area (Å²) in [5.74, 6) is 0.726. The van der Waals surface area contributed by atoms with Gasteiger partial charge >= 0.3 is 0 Å². The van der Waals surface area contributed by atoms with Crippen LogP contribution >= 0.6 is 0 Å². The third-order valence-electron chi connectivity index (χ3n) is 3.07. The summed E-state index contributed by atoms with van der Waals surface area (Å²) in [6.07, 6.45) is 0.0403.